The number of alkyl halides is 3. The molecule has 164 valence electrons. The first kappa shape index (κ1) is 21.4. The van der Waals surface area contributed by atoms with Crippen LogP contribution in [0.15, 0.2) is 35.1 Å². The van der Waals surface area contributed by atoms with Gasteiger partial charge in [0, 0.05) is 28.2 Å². The Kier molecular flexibility index (Phi) is 5.79. The molecular weight excluding hydrogens is 433 g/mol. The lowest BCUT2D eigenvalue weighted by atomic mass is 9.90. The Balaban J connectivity index is 1.46. The maximum absolute atomic E-state index is 13.3. The number of hydrogen-bond acceptors (Lipinski definition) is 5. The molecule has 1 fully saturated rings. The third-order valence-electron chi connectivity index (χ3n) is 5.48. The fraction of sp³-hybridized carbons (Fsp3) is 0.381. The van der Waals surface area contributed by atoms with Gasteiger partial charge >= 0.3 is 6.18 Å². The van der Waals surface area contributed by atoms with E-state index >= 15 is 0 Å². The number of carbonyl (C=O) groups excluding carboxylic acids is 1. The number of anilines is 1. The number of amides is 1. The van der Waals surface area contributed by atoms with Gasteiger partial charge in [-0.05, 0) is 56.9 Å². The number of fused-ring (bicyclic) bond motifs is 1. The van der Waals surface area contributed by atoms with Crippen molar-refractivity contribution in [3.63, 3.8) is 0 Å². The number of halogens is 4. The summed E-state index contributed by atoms with van der Waals surface area (Å²) in [6, 6.07) is 5.59. The lowest BCUT2D eigenvalue weighted by Gasteiger charge is -2.30. The Morgan fingerprint density at radius 2 is 1.87 bits per heavy atom. The van der Waals surface area contributed by atoms with Crippen molar-refractivity contribution in [1.82, 2.24) is 15.5 Å². The molecule has 1 aromatic carbocycles. The summed E-state index contributed by atoms with van der Waals surface area (Å²) in [7, 11) is 0. The molecule has 1 saturated carbocycles. The van der Waals surface area contributed by atoms with Crippen molar-refractivity contribution >= 4 is 34.1 Å². The van der Waals surface area contributed by atoms with Gasteiger partial charge in [0.05, 0.1) is 11.2 Å². The third kappa shape index (κ3) is 4.76. The number of nitrogens with zero attached hydrogens (tertiary/aromatic N) is 2. The fourth-order valence-electron chi connectivity index (χ4n) is 3.84. The molecule has 10 heteroatoms. The molecule has 0 saturated heterocycles. The average molecular weight is 453 g/mol. The summed E-state index contributed by atoms with van der Waals surface area (Å²) < 4.78 is 44.7. The van der Waals surface area contributed by atoms with Crippen LogP contribution in [-0.2, 0) is 6.18 Å². The van der Waals surface area contributed by atoms with Crippen molar-refractivity contribution in [3.8, 4) is 0 Å². The van der Waals surface area contributed by atoms with Crippen molar-refractivity contribution in [2.75, 3.05) is 5.32 Å². The molecule has 4 rings (SSSR count). The van der Waals surface area contributed by atoms with E-state index in [2.05, 4.69) is 20.8 Å². The van der Waals surface area contributed by atoms with E-state index in [1.54, 1.807) is 13.0 Å². The molecule has 1 aliphatic rings. The summed E-state index contributed by atoms with van der Waals surface area (Å²) in [5.41, 5.74) is 0.561. The molecule has 0 radical (unpaired) electrons. The van der Waals surface area contributed by atoms with E-state index in [0.29, 0.717) is 53.0 Å². The summed E-state index contributed by atoms with van der Waals surface area (Å²) in [6.45, 7) is 1.69. The van der Waals surface area contributed by atoms with E-state index in [4.69, 9.17) is 16.1 Å². The first-order valence-corrected chi connectivity index (χ1v) is 10.2. The summed E-state index contributed by atoms with van der Waals surface area (Å²) in [5.74, 6) is -0.236. The molecule has 2 aromatic heterocycles. The Hall–Kier alpha value is -2.81. The van der Waals surface area contributed by atoms with Crippen LogP contribution in [0.2, 0.25) is 5.02 Å². The van der Waals surface area contributed by atoms with Gasteiger partial charge < -0.3 is 15.2 Å². The zero-order chi connectivity index (χ0) is 22.2. The van der Waals surface area contributed by atoms with Crippen molar-refractivity contribution in [1.29, 1.82) is 0 Å². The van der Waals surface area contributed by atoms with E-state index in [1.807, 2.05) is 0 Å². The van der Waals surface area contributed by atoms with Gasteiger partial charge in [-0.1, -0.05) is 16.8 Å². The molecule has 0 aliphatic heterocycles. The number of benzene rings is 1. The van der Waals surface area contributed by atoms with Crippen LogP contribution in [0.4, 0.5) is 18.9 Å². The second-order valence-electron chi connectivity index (χ2n) is 7.69. The maximum atomic E-state index is 13.3. The van der Waals surface area contributed by atoms with Crippen LogP contribution in [-0.4, -0.2) is 28.1 Å². The summed E-state index contributed by atoms with van der Waals surface area (Å²) >= 11 is 6.05. The maximum Gasteiger partial charge on any atom is 0.433 e. The van der Waals surface area contributed by atoms with E-state index in [0.717, 1.165) is 6.07 Å². The highest BCUT2D eigenvalue weighted by atomic mass is 35.5. The van der Waals surface area contributed by atoms with Gasteiger partial charge in [0.15, 0.2) is 0 Å². The topological polar surface area (TPSA) is 80.0 Å². The minimum atomic E-state index is -4.55. The lowest BCUT2D eigenvalue weighted by Crippen LogP contribution is -2.40. The normalized spacial score (nSPS) is 19.4. The highest BCUT2D eigenvalue weighted by Crippen LogP contribution is 2.35. The summed E-state index contributed by atoms with van der Waals surface area (Å²) in [4.78, 5) is 16.1. The van der Waals surface area contributed by atoms with Crippen LogP contribution in [0.25, 0.3) is 10.9 Å². The molecule has 0 unspecified atom stereocenters. The largest absolute Gasteiger partial charge is 0.433 e. The second kappa shape index (κ2) is 8.37. The zero-order valence-electron chi connectivity index (χ0n) is 16.6. The van der Waals surface area contributed by atoms with Crippen molar-refractivity contribution in [2.45, 2.75) is 50.9 Å². The van der Waals surface area contributed by atoms with Gasteiger partial charge in [0.2, 0.25) is 0 Å². The molecule has 2 heterocycles. The highest BCUT2D eigenvalue weighted by Gasteiger charge is 2.34. The van der Waals surface area contributed by atoms with Crippen LogP contribution in [0.1, 0.15) is 47.4 Å². The van der Waals surface area contributed by atoms with E-state index in [-0.39, 0.29) is 23.5 Å². The molecule has 0 bridgehead atoms. The van der Waals surface area contributed by atoms with Crippen LogP contribution in [0, 0.1) is 6.92 Å². The monoisotopic (exact) mass is 452 g/mol. The number of rotatable bonds is 4. The molecule has 0 atom stereocenters. The van der Waals surface area contributed by atoms with Gasteiger partial charge in [-0.25, -0.2) is 4.98 Å². The van der Waals surface area contributed by atoms with E-state index in [1.165, 1.54) is 18.4 Å². The van der Waals surface area contributed by atoms with Crippen LogP contribution in [0.3, 0.4) is 0 Å². The van der Waals surface area contributed by atoms with Crippen molar-refractivity contribution in [3.05, 3.63) is 52.5 Å². The number of carbonyl (C=O) groups is 1. The number of aromatic nitrogens is 2. The van der Waals surface area contributed by atoms with E-state index < -0.39 is 11.9 Å². The number of pyridine rings is 1. The minimum absolute atomic E-state index is 0.0192. The van der Waals surface area contributed by atoms with Gasteiger partial charge in [-0.2, -0.15) is 13.2 Å². The Labute approximate surface area is 181 Å². The first-order chi connectivity index (χ1) is 14.7. The van der Waals surface area contributed by atoms with Crippen molar-refractivity contribution in [2.24, 2.45) is 0 Å². The molecule has 2 N–H and O–H groups in total. The quantitative estimate of drug-likeness (QED) is 0.557. The van der Waals surface area contributed by atoms with Gasteiger partial charge in [-0.3, -0.25) is 4.79 Å². The molecule has 0 spiro atoms. The summed E-state index contributed by atoms with van der Waals surface area (Å²) in [6.07, 6.45) is -0.450. The standard InChI is InChI=1S/C21H20ClF3N4O2/c1-11-16(10-31-29-11)20(30)27-14-5-3-13(4-6-14)26-18-9-19(21(23,24)25)28-17-7-2-12(22)8-15(17)18/h2,7-10,13-14H,3-6H2,1H3,(H,26,28)(H,27,30). The smallest absolute Gasteiger partial charge is 0.382 e. The SMILES string of the molecule is Cc1nocc1C(=O)NC1CCC(Nc2cc(C(F)(F)F)nc3ccc(Cl)cc23)CC1. The van der Waals surface area contributed by atoms with Crippen LogP contribution < -0.4 is 10.6 Å². The van der Waals surface area contributed by atoms with Gasteiger partial charge in [0.1, 0.15) is 17.5 Å². The Morgan fingerprint density at radius 1 is 1.16 bits per heavy atom. The Morgan fingerprint density at radius 3 is 2.52 bits per heavy atom. The molecule has 1 amide bonds. The van der Waals surface area contributed by atoms with E-state index in [9.17, 15) is 18.0 Å². The molecular formula is C21H20ClF3N4O2. The molecule has 31 heavy (non-hydrogen) atoms. The third-order valence-corrected chi connectivity index (χ3v) is 5.71. The molecule has 1 aliphatic carbocycles. The van der Waals surface area contributed by atoms with Crippen molar-refractivity contribution < 1.29 is 22.5 Å². The molecule has 3 aromatic rings. The predicted molar refractivity (Wildman–Crippen MR) is 110 cm³/mol. The number of nitrogens with one attached hydrogen (secondary N) is 2. The Bertz CT molecular complexity index is 1110. The average Bonchev–Trinajstić information content (AvgIpc) is 3.15. The van der Waals surface area contributed by atoms with Crippen LogP contribution in [0.5, 0.6) is 0 Å². The number of hydrogen-bond donors (Lipinski definition) is 2. The highest BCUT2D eigenvalue weighted by molar-refractivity contribution is 6.31. The lowest BCUT2D eigenvalue weighted by molar-refractivity contribution is -0.140. The minimum Gasteiger partial charge on any atom is -0.382 e. The van der Waals surface area contributed by atoms with Crippen LogP contribution >= 0.6 is 11.6 Å². The molecule has 6 nitrogen and oxygen atoms in total. The van der Waals surface area contributed by atoms with Gasteiger partial charge in [-0.15, -0.1) is 0 Å². The fourth-order valence-corrected chi connectivity index (χ4v) is 4.01. The first-order valence-electron chi connectivity index (χ1n) is 9.86. The van der Waals surface area contributed by atoms with Gasteiger partial charge in [0.25, 0.3) is 5.91 Å². The zero-order valence-corrected chi connectivity index (χ0v) is 17.3. The number of aryl methyl sites for hydroxylation is 1. The summed E-state index contributed by atoms with van der Waals surface area (Å²) in [5, 5.41) is 10.9. The predicted octanol–water partition coefficient (Wildman–Crippen LogP) is 5.36. The second-order valence-corrected chi connectivity index (χ2v) is 8.13.